The van der Waals surface area contributed by atoms with Crippen molar-refractivity contribution in [2.45, 2.75) is 110 Å². The molecule has 4 heteroatoms. The van der Waals surface area contributed by atoms with E-state index in [1.54, 1.807) is 0 Å². The minimum Gasteiger partial charge on any atom is -0.465 e. The topological polar surface area (TPSA) is 52.6 Å². The lowest BCUT2D eigenvalue weighted by Gasteiger charge is -2.12. The minimum atomic E-state index is -0.116. The summed E-state index contributed by atoms with van der Waals surface area (Å²) in [5.74, 6) is -0.460. The number of ether oxygens (including phenoxy) is 2. The first-order chi connectivity index (χ1) is 13.2. The number of esters is 2. The van der Waals surface area contributed by atoms with Gasteiger partial charge in [-0.2, -0.15) is 0 Å². The van der Waals surface area contributed by atoms with Crippen LogP contribution in [-0.4, -0.2) is 25.2 Å². The van der Waals surface area contributed by atoms with E-state index in [1.807, 2.05) is 0 Å². The Hall–Kier alpha value is -1.06. The monoisotopic (exact) mass is 382 g/mol. The number of carbonyl (C=O) groups excluding carboxylic acids is 2. The minimum absolute atomic E-state index is 0.114. The third-order valence-corrected chi connectivity index (χ3v) is 5.58. The molecule has 0 aromatic heterocycles. The molecule has 0 aromatic carbocycles. The quantitative estimate of drug-likeness (QED) is 0.235. The van der Waals surface area contributed by atoms with Crippen LogP contribution in [0.25, 0.3) is 0 Å². The molecule has 2 atom stereocenters. The molecule has 158 valence electrons. The molecule has 0 heterocycles. The lowest BCUT2D eigenvalue weighted by Crippen LogP contribution is -2.19. The van der Waals surface area contributed by atoms with E-state index in [0.29, 0.717) is 19.6 Å². The van der Waals surface area contributed by atoms with Gasteiger partial charge < -0.3 is 9.47 Å². The third kappa shape index (κ3) is 11.4. The van der Waals surface area contributed by atoms with E-state index >= 15 is 0 Å². The Labute approximate surface area is 166 Å². The van der Waals surface area contributed by atoms with Crippen molar-refractivity contribution in [2.75, 3.05) is 13.2 Å². The molecule has 4 nitrogen and oxygen atoms in total. The van der Waals surface area contributed by atoms with Crippen LogP contribution < -0.4 is 0 Å². The second kappa shape index (κ2) is 15.9. The maximum atomic E-state index is 12.2. The fourth-order valence-electron chi connectivity index (χ4n) is 3.76. The van der Waals surface area contributed by atoms with Crippen molar-refractivity contribution >= 4 is 11.9 Å². The molecule has 1 aliphatic carbocycles. The average Bonchev–Trinajstić information content (AvgIpc) is 3.16. The second-order valence-corrected chi connectivity index (χ2v) is 8.08. The summed E-state index contributed by atoms with van der Waals surface area (Å²) in [6, 6.07) is 0. The van der Waals surface area contributed by atoms with E-state index in [4.69, 9.17) is 9.47 Å². The molecule has 0 bridgehead atoms. The SMILES string of the molecule is CCCCCCCCOC(=O)C1CCC(C(=O)OCCCCCCCC)C1. The second-order valence-electron chi connectivity index (χ2n) is 8.08. The highest BCUT2D eigenvalue weighted by Gasteiger charge is 2.35. The van der Waals surface area contributed by atoms with Crippen molar-refractivity contribution in [3.63, 3.8) is 0 Å². The zero-order valence-corrected chi connectivity index (χ0v) is 17.8. The van der Waals surface area contributed by atoms with Crippen molar-refractivity contribution in [1.82, 2.24) is 0 Å². The molecule has 0 aliphatic heterocycles. The van der Waals surface area contributed by atoms with Gasteiger partial charge in [-0.15, -0.1) is 0 Å². The van der Waals surface area contributed by atoms with Crippen LogP contribution in [0.3, 0.4) is 0 Å². The normalized spacial score (nSPS) is 19.2. The van der Waals surface area contributed by atoms with E-state index in [1.165, 1.54) is 51.4 Å². The lowest BCUT2D eigenvalue weighted by atomic mass is 10.1. The largest absolute Gasteiger partial charge is 0.465 e. The molecule has 0 saturated heterocycles. The molecule has 1 aliphatic rings. The Bertz CT molecular complexity index is 358. The molecular weight excluding hydrogens is 340 g/mol. The molecule has 27 heavy (non-hydrogen) atoms. The summed E-state index contributed by atoms with van der Waals surface area (Å²) in [7, 11) is 0. The fourth-order valence-corrected chi connectivity index (χ4v) is 3.76. The standard InChI is InChI=1S/C23H42O4/c1-3-5-7-9-11-13-17-26-22(24)20-15-16-21(19-20)23(25)27-18-14-12-10-8-6-4-2/h20-21H,3-19H2,1-2H3. The Morgan fingerprint density at radius 2 is 1.00 bits per heavy atom. The predicted molar refractivity (Wildman–Crippen MR) is 110 cm³/mol. The summed E-state index contributed by atoms with van der Waals surface area (Å²) in [5, 5.41) is 0. The highest BCUT2D eigenvalue weighted by molar-refractivity contribution is 5.77. The predicted octanol–water partition coefficient (Wildman–Crippen LogP) is 6.21. The molecule has 0 spiro atoms. The molecule has 0 aromatic rings. The van der Waals surface area contributed by atoms with E-state index in [-0.39, 0.29) is 23.8 Å². The van der Waals surface area contributed by atoms with Gasteiger partial charge in [0.15, 0.2) is 0 Å². The van der Waals surface area contributed by atoms with Crippen LogP contribution in [0.1, 0.15) is 110 Å². The zero-order valence-electron chi connectivity index (χ0n) is 17.8. The van der Waals surface area contributed by atoms with Gasteiger partial charge in [0.05, 0.1) is 25.0 Å². The summed E-state index contributed by atoms with van der Waals surface area (Å²) in [4.78, 5) is 24.3. The maximum Gasteiger partial charge on any atom is 0.308 e. The fraction of sp³-hybridized carbons (Fsp3) is 0.913. The van der Waals surface area contributed by atoms with Crippen molar-refractivity contribution < 1.29 is 19.1 Å². The van der Waals surface area contributed by atoms with Crippen LogP contribution in [0.5, 0.6) is 0 Å². The maximum absolute atomic E-state index is 12.2. The summed E-state index contributed by atoms with van der Waals surface area (Å²) in [6.45, 7) is 5.46. The molecule has 0 N–H and O–H groups in total. The van der Waals surface area contributed by atoms with Gasteiger partial charge in [-0.25, -0.2) is 0 Å². The third-order valence-electron chi connectivity index (χ3n) is 5.58. The van der Waals surface area contributed by atoms with E-state index in [0.717, 1.165) is 38.5 Å². The summed E-state index contributed by atoms with van der Waals surface area (Å²) >= 11 is 0. The van der Waals surface area contributed by atoms with Gasteiger partial charge >= 0.3 is 11.9 Å². The Kier molecular flexibility index (Phi) is 14.2. The van der Waals surface area contributed by atoms with Crippen molar-refractivity contribution in [3.8, 4) is 0 Å². The summed E-state index contributed by atoms with van der Waals surface area (Å²) < 4.78 is 10.8. The number of hydrogen-bond acceptors (Lipinski definition) is 4. The number of carbonyl (C=O) groups is 2. The first-order valence-corrected chi connectivity index (χ1v) is 11.5. The van der Waals surface area contributed by atoms with E-state index in [9.17, 15) is 9.59 Å². The van der Waals surface area contributed by atoms with Crippen molar-refractivity contribution in [2.24, 2.45) is 11.8 Å². The Morgan fingerprint density at radius 3 is 1.41 bits per heavy atom. The molecule has 1 rings (SSSR count). The van der Waals surface area contributed by atoms with Crippen molar-refractivity contribution in [3.05, 3.63) is 0 Å². The van der Waals surface area contributed by atoms with Gasteiger partial charge in [0, 0.05) is 0 Å². The van der Waals surface area contributed by atoms with Crippen LogP contribution >= 0.6 is 0 Å². The van der Waals surface area contributed by atoms with E-state index < -0.39 is 0 Å². The highest BCUT2D eigenvalue weighted by atomic mass is 16.5. The molecule has 0 amide bonds. The molecular formula is C23H42O4. The van der Waals surface area contributed by atoms with Crippen molar-refractivity contribution in [1.29, 1.82) is 0 Å². The Morgan fingerprint density at radius 1 is 0.630 bits per heavy atom. The summed E-state index contributed by atoms with van der Waals surface area (Å²) in [5.41, 5.74) is 0. The van der Waals surface area contributed by atoms with Crippen LogP contribution in [0.4, 0.5) is 0 Å². The lowest BCUT2D eigenvalue weighted by molar-refractivity contribution is -0.150. The van der Waals surface area contributed by atoms with Crippen LogP contribution in [0.15, 0.2) is 0 Å². The van der Waals surface area contributed by atoms with Gasteiger partial charge in [-0.1, -0.05) is 78.1 Å². The molecule has 1 fully saturated rings. The first kappa shape index (κ1) is 24.0. The van der Waals surface area contributed by atoms with Crippen LogP contribution in [-0.2, 0) is 19.1 Å². The molecule has 1 saturated carbocycles. The molecule has 2 unspecified atom stereocenters. The van der Waals surface area contributed by atoms with Gasteiger partial charge in [-0.05, 0) is 32.1 Å². The first-order valence-electron chi connectivity index (χ1n) is 11.5. The van der Waals surface area contributed by atoms with Gasteiger partial charge in [0.25, 0.3) is 0 Å². The summed E-state index contributed by atoms with van der Waals surface area (Å²) in [6.07, 6.45) is 16.3. The van der Waals surface area contributed by atoms with Gasteiger partial charge in [0.2, 0.25) is 0 Å². The van der Waals surface area contributed by atoms with Crippen LogP contribution in [0, 0.1) is 11.8 Å². The zero-order chi connectivity index (χ0) is 19.7. The number of unbranched alkanes of at least 4 members (excludes halogenated alkanes) is 10. The van der Waals surface area contributed by atoms with Gasteiger partial charge in [-0.3, -0.25) is 9.59 Å². The average molecular weight is 383 g/mol. The Balaban J connectivity index is 2.05. The van der Waals surface area contributed by atoms with Crippen LogP contribution in [0.2, 0.25) is 0 Å². The highest BCUT2D eigenvalue weighted by Crippen LogP contribution is 2.32. The number of rotatable bonds is 16. The van der Waals surface area contributed by atoms with Gasteiger partial charge in [0.1, 0.15) is 0 Å². The number of hydrogen-bond donors (Lipinski definition) is 0. The smallest absolute Gasteiger partial charge is 0.308 e. The molecule has 0 radical (unpaired) electrons. The van der Waals surface area contributed by atoms with E-state index in [2.05, 4.69) is 13.8 Å².